The van der Waals surface area contributed by atoms with E-state index in [4.69, 9.17) is 48.4 Å². The molecule has 806 valence electrons. The summed E-state index contributed by atoms with van der Waals surface area (Å²) in [5, 5.41) is 88.1. The second kappa shape index (κ2) is 66.4. The smallest absolute Gasteiger partial charge is 0.305 e. The molecule has 4 aromatic carbocycles. The third-order valence-electron chi connectivity index (χ3n) is 22.7. The number of primary amides is 1. The number of carboxylic acid groups (broad SMARTS) is 1. The van der Waals surface area contributed by atoms with E-state index in [0.29, 0.717) is 143 Å². The number of nitrogens with zero attached hydrogens (tertiary/aromatic N) is 7. The molecule has 146 heavy (non-hydrogen) atoms. The molecule has 3 aromatic heterocycles. The molecule has 7 rings (SSSR count). The van der Waals surface area contributed by atoms with Crippen molar-refractivity contribution in [2.45, 2.75) is 240 Å². The van der Waals surface area contributed by atoms with Crippen molar-refractivity contribution < 1.29 is 125 Å². The number of aromatic nitrogens is 9. The SMILES string of the molecule is CC(=O)N[C@@H](CCCc1cc(C)cc(C)c1)C(N)=O.CCc1cc(OCCCCn2cc(COCCOCCOCCOCCOCCOCCOCCOCCCC(C)C)nn2)ccc1-c1ccc(C[C@@H](C)NC(=O)[C@H](CC(=O)O)NC(=O)[C@H](CO)NC(=O)[C@@H](NC(=O)[C@@](C)(Cc2ccccc2F)NC(=O)[C@@H](NC(=O)CNC(=O)[C@H](Cc2nn[nH]n2)NC(=O)C(C)(C)C(=O)NCCc2cnc[nH]2)[C@@H](C)O)[C@@H](C)O)cc1. The predicted molar refractivity (Wildman–Crippen MR) is 531 cm³/mol. The van der Waals surface area contributed by atoms with Gasteiger partial charge in [-0.2, -0.15) is 5.21 Å². The van der Waals surface area contributed by atoms with Crippen molar-refractivity contribution in [3.63, 3.8) is 0 Å². The summed E-state index contributed by atoms with van der Waals surface area (Å²) in [4.78, 5) is 166. The average Bonchev–Trinajstić information content (AvgIpc) is 0.967. The number of tetrazole rings is 1. The fraction of sp³-hybridized carbons (Fsp3) is 0.580. The predicted octanol–water partition coefficient (Wildman–Crippen LogP) is 1.99. The summed E-state index contributed by atoms with van der Waals surface area (Å²) in [5.74, 6) is -11.5. The minimum atomic E-state index is -2.35. The zero-order valence-electron chi connectivity index (χ0n) is 85.6. The number of carbonyl (C=O) groups is 12. The first-order valence-corrected chi connectivity index (χ1v) is 49.1. The Morgan fingerprint density at radius 3 is 1.73 bits per heavy atom. The number of nitrogens with one attached hydrogen (secondary N) is 12. The number of aromatic amines is 2. The minimum Gasteiger partial charge on any atom is -0.494 e. The Labute approximate surface area is 849 Å². The standard InChI is InChI=1S/C85H127FN18O23.C15H22N2O2/c1-10-60-45-65(127-29-14-13-27-104-51-64(98-103-104)53-126-43-42-125-41-40-124-39-38-123-37-36-122-35-34-121-33-32-120-31-30-119-28-15-16-55(2)3)23-24-66(60)61-21-19-59(20-22-61)44-56(4)91-77(112)69(47-73(109)110)92-78(113)70(52-105)93-79(114)74(57(5)106)96-83(118)85(9,48-62-17-11-12-18-67(62)86)97-80(115)75(58(6)107)95-72(108)50-89-76(111)68(46-71-99-101-102-100-71)94-82(117)84(7,8)81(116)88-26-25-63-49-87-54-90-63;1-10-7-11(2)9-13(8-10)5-4-6-14(15(16)19)17-12(3)18/h11-12,17-24,45,49,51,54-58,68-70,74-75,105-107H,10,13-16,25-44,46-48,50,52-53H2,1-9H3,(H,87,90)(H,88,116)(H,89,111)(H,91,112)(H,92,113)(H,93,114)(H,94,117)(H,95,108)(H,96,118)(H,97,115)(H,109,110)(H,99,100,101,102);7-9,14H,4-6H2,1-3H3,(H2,16,19)(H,17,18)/t56-,57-,58-,68+,69+,70+,74+,75+,85-;14-/m10/s1. The number of ether oxygens (including phenoxy) is 9. The number of benzene rings is 4. The maximum atomic E-state index is 15.4. The number of carboxylic acids is 1. The molecular formula is C100H149FN20O25. The van der Waals surface area contributed by atoms with Crippen molar-refractivity contribution in [3.8, 4) is 16.9 Å². The highest BCUT2D eigenvalue weighted by atomic mass is 19.1. The lowest BCUT2D eigenvalue weighted by molar-refractivity contribution is -0.143. The maximum Gasteiger partial charge on any atom is 0.305 e. The number of aliphatic hydroxyl groups is 3. The molecule has 0 aliphatic heterocycles. The summed E-state index contributed by atoms with van der Waals surface area (Å²) < 4.78 is 68.0. The van der Waals surface area contributed by atoms with Gasteiger partial charge in [0.2, 0.25) is 65.0 Å². The number of aliphatic hydroxyl groups excluding tert-OH is 3. The molecule has 7 aromatic rings. The Bertz CT molecular complexity index is 5110. The van der Waals surface area contributed by atoms with Crippen LogP contribution in [0, 0.1) is 31.0 Å². The molecule has 46 heteroatoms. The van der Waals surface area contributed by atoms with Crippen LogP contribution in [0.25, 0.3) is 11.1 Å². The molecule has 0 aliphatic carbocycles. The first-order valence-electron chi connectivity index (χ1n) is 49.1. The number of hydrogen-bond donors (Lipinski definition) is 17. The second-order valence-electron chi connectivity index (χ2n) is 36.4. The number of H-pyrrole nitrogens is 2. The van der Waals surface area contributed by atoms with Crippen LogP contribution in [0.1, 0.15) is 165 Å². The van der Waals surface area contributed by atoms with Gasteiger partial charge in [0.05, 0.1) is 150 Å². The Morgan fingerprint density at radius 2 is 1.16 bits per heavy atom. The molecule has 0 bridgehead atoms. The van der Waals surface area contributed by atoms with Crippen LogP contribution in [0.4, 0.5) is 4.39 Å². The monoisotopic (exact) mass is 2050 g/mol. The molecule has 0 saturated heterocycles. The topological polar surface area (TPSA) is 629 Å². The number of unbranched alkanes of at least 4 members (excludes halogenated alkanes) is 1. The van der Waals surface area contributed by atoms with E-state index >= 15 is 4.39 Å². The van der Waals surface area contributed by atoms with Gasteiger partial charge in [0, 0.05) is 63.8 Å². The van der Waals surface area contributed by atoms with Crippen LogP contribution in [0.2, 0.25) is 0 Å². The number of hydrogen-bond acceptors (Lipinski definition) is 30. The van der Waals surface area contributed by atoms with Gasteiger partial charge in [-0.3, -0.25) is 62.2 Å². The largest absolute Gasteiger partial charge is 0.494 e. The maximum absolute atomic E-state index is 15.4. The normalized spacial score (nSPS) is 13.7. The summed E-state index contributed by atoms with van der Waals surface area (Å²) in [7, 11) is 0. The molecule has 18 N–H and O–H groups in total. The fourth-order valence-electron chi connectivity index (χ4n) is 14.8. The molecule has 0 spiro atoms. The van der Waals surface area contributed by atoms with Gasteiger partial charge < -0.3 is 127 Å². The first kappa shape index (κ1) is 122. The highest BCUT2D eigenvalue weighted by Gasteiger charge is 2.44. The minimum absolute atomic E-state index is 0.0518. The number of aliphatic carboxylic acids is 1. The average molecular weight is 2050 g/mol. The third-order valence-corrected chi connectivity index (χ3v) is 22.7. The molecule has 0 saturated carbocycles. The molecule has 3 heterocycles. The van der Waals surface area contributed by atoms with Gasteiger partial charge >= 0.3 is 5.97 Å². The van der Waals surface area contributed by atoms with Crippen molar-refractivity contribution in [1.29, 1.82) is 0 Å². The van der Waals surface area contributed by atoms with Gasteiger partial charge in [-0.15, -0.1) is 15.3 Å². The van der Waals surface area contributed by atoms with Crippen molar-refractivity contribution >= 4 is 70.9 Å². The number of imidazole rings is 1. The van der Waals surface area contributed by atoms with Crippen LogP contribution in [0.3, 0.4) is 0 Å². The van der Waals surface area contributed by atoms with Gasteiger partial charge in [-0.25, -0.2) is 9.37 Å². The van der Waals surface area contributed by atoms with Crippen molar-refractivity contribution in [2.24, 2.45) is 17.1 Å². The van der Waals surface area contributed by atoms with Gasteiger partial charge in [0.25, 0.3) is 0 Å². The highest BCUT2D eigenvalue weighted by Crippen LogP contribution is 2.30. The number of nitrogens with two attached hydrogens (primary N) is 1. The Morgan fingerprint density at radius 1 is 0.562 bits per heavy atom. The first-order chi connectivity index (χ1) is 69.8. The van der Waals surface area contributed by atoms with Crippen LogP contribution in [0.15, 0.2) is 104 Å². The lowest BCUT2D eigenvalue weighted by Crippen LogP contribution is -2.67. The summed E-state index contributed by atoms with van der Waals surface area (Å²) in [6.45, 7) is 26.4. The molecule has 11 amide bonds. The number of halogens is 1. The van der Waals surface area contributed by atoms with E-state index in [-0.39, 0.29) is 30.3 Å². The second-order valence-corrected chi connectivity index (χ2v) is 36.4. The van der Waals surface area contributed by atoms with E-state index in [2.05, 4.69) is 140 Å². The molecule has 10 atom stereocenters. The van der Waals surface area contributed by atoms with E-state index in [0.717, 1.165) is 99.2 Å². The Balaban J connectivity index is 0.00000153. The lowest BCUT2D eigenvalue weighted by atomic mass is 9.90. The quantitative estimate of drug-likeness (QED) is 0.0191. The van der Waals surface area contributed by atoms with Crippen molar-refractivity contribution in [1.82, 2.24) is 98.8 Å². The lowest BCUT2D eigenvalue weighted by Gasteiger charge is -2.34. The zero-order chi connectivity index (χ0) is 107. The molecular weight excluding hydrogens is 1900 g/mol. The van der Waals surface area contributed by atoms with Gasteiger partial charge in [-0.05, 0) is 171 Å². The Hall–Kier alpha value is -12.8. The van der Waals surface area contributed by atoms with E-state index < -0.39 is 169 Å². The van der Waals surface area contributed by atoms with Crippen LogP contribution >= 0.6 is 0 Å². The third kappa shape index (κ3) is 46.7. The van der Waals surface area contributed by atoms with Crippen LogP contribution in [-0.4, -0.2) is 322 Å². The molecule has 0 fully saturated rings. The van der Waals surface area contributed by atoms with Crippen molar-refractivity contribution in [3.05, 3.63) is 160 Å². The summed E-state index contributed by atoms with van der Waals surface area (Å²) in [5.41, 5.74) is 9.89. The van der Waals surface area contributed by atoms with E-state index in [9.17, 15) is 78.0 Å². The van der Waals surface area contributed by atoms with Gasteiger partial charge in [0.1, 0.15) is 64.5 Å². The summed E-state index contributed by atoms with van der Waals surface area (Å²) in [6.07, 6.45) is 6.67. The molecule has 45 nitrogen and oxygen atoms in total. The fourth-order valence-corrected chi connectivity index (χ4v) is 14.8. The van der Waals surface area contributed by atoms with Crippen LogP contribution < -0.4 is 63.6 Å². The summed E-state index contributed by atoms with van der Waals surface area (Å²) >= 11 is 0. The van der Waals surface area contributed by atoms with Crippen LogP contribution in [0.5, 0.6) is 5.75 Å². The van der Waals surface area contributed by atoms with Crippen molar-refractivity contribution in [2.75, 3.05) is 125 Å². The van der Waals surface area contributed by atoms with Gasteiger partial charge in [-0.1, -0.05) is 109 Å². The molecule has 0 radical (unpaired) electrons. The van der Waals surface area contributed by atoms with Crippen LogP contribution in [-0.2, 0) is 147 Å². The Kier molecular flexibility index (Phi) is 55.4. The zero-order valence-corrected chi connectivity index (χ0v) is 85.6. The van der Waals surface area contributed by atoms with Gasteiger partial charge in [0.15, 0.2) is 5.82 Å². The summed E-state index contributed by atoms with van der Waals surface area (Å²) in [6, 6.07) is 14.6. The number of aryl methyl sites for hydroxylation is 5. The number of carbonyl (C=O) groups excluding carboxylic acids is 11. The molecule has 0 aliphatic rings. The van der Waals surface area contributed by atoms with E-state index in [1.165, 1.54) is 68.4 Å². The number of amides is 11. The molecule has 0 unspecified atom stereocenters. The highest BCUT2D eigenvalue weighted by molar-refractivity contribution is 6.06. The van der Waals surface area contributed by atoms with E-state index in [1.807, 2.05) is 55.6 Å². The van der Waals surface area contributed by atoms with E-state index in [1.54, 1.807) is 17.8 Å². The number of rotatable bonds is 72.